The van der Waals surface area contributed by atoms with Crippen molar-refractivity contribution in [1.29, 1.82) is 0 Å². The first-order valence-electron chi connectivity index (χ1n) is 9.56. The van der Waals surface area contributed by atoms with Gasteiger partial charge in [0.25, 0.3) is 0 Å². The molecular weight excluding hydrogens is 374 g/mol. The number of hydrogen-bond acceptors (Lipinski definition) is 4. The number of ether oxygens (including phenoxy) is 1. The first kappa shape index (κ1) is 21.9. The molecule has 1 heterocycles. The molecule has 0 unspecified atom stereocenters. The zero-order valence-corrected chi connectivity index (χ0v) is 18.1. The lowest BCUT2D eigenvalue weighted by Crippen LogP contribution is -2.47. The fraction of sp³-hybridized carbons (Fsp3) is 0.476. The smallest absolute Gasteiger partial charge is 0.338 e. The highest BCUT2D eigenvalue weighted by atomic mass is 32.1. The molecule has 28 heavy (non-hydrogen) atoms. The molecular formula is C21H29N3O3S. The van der Waals surface area contributed by atoms with Crippen LogP contribution >= 0.6 is 12.2 Å². The zero-order valence-electron chi connectivity index (χ0n) is 17.3. The highest BCUT2D eigenvalue weighted by Crippen LogP contribution is 2.32. The lowest BCUT2D eigenvalue weighted by Gasteiger charge is -2.37. The van der Waals surface area contributed by atoms with Gasteiger partial charge in [-0.15, -0.1) is 0 Å². The van der Waals surface area contributed by atoms with Crippen LogP contribution in [0.15, 0.2) is 35.5 Å². The van der Waals surface area contributed by atoms with Crippen LogP contribution in [-0.2, 0) is 14.3 Å². The summed E-state index contributed by atoms with van der Waals surface area (Å²) in [6.07, 6.45) is -0.217. The van der Waals surface area contributed by atoms with Gasteiger partial charge in [-0.25, -0.2) is 4.79 Å². The van der Waals surface area contributed by atoms with Crippen LogP contribution in [0, 0.1) is 5.92 Å². The fourth-order valence-corrected chi connectivity index (χ4v) is 3.38. The Hall–Kier alpha value is -2.41. The Morgan fingerprint density at radius 3 is 2.32 bits per heavy atom. The summed E-state index contributed by atoms with van der Waals surface area (Å²) in [4.78, 5) is 26.6. The fourth-order valence-electron chi connectivity index (χ4n) is 3.00. The van der Waals surface area contributed by atoms with Crippen LogP contribution in [0.3, 0.4) is 0 Å². The van der Waals surface area contributed by atoms with Gasteiger partial charge in [-0.1, -0.05) is 26.0 Å². The van der Waals surface area contributed by atoms with E-state index in [1.165, 1.54) is 0 Å². The Balaban J connectivity index is 2.38. The number of thiocarbonyl (C=S) groups is 1. The summed E-state index contributed by atoms with van der Waals surface area (Å²) in [5.74, 6) is -0.497. The molecule has 6 nitrogen and oxygen atoms in total. The van der Waals surface area contributed by atoms with Crippen molar-refractivity contribution < 1.29 is 14.3 Å². The van der Waals surface area contributed by atoms with Gasteiger partial charge in [0.15, 0.2) is 5.11 Å². The van der Waals surface area contributed by atoms with Gasteiger partial charge in [0.1, 0.15) is 0 Å². The number of benzene rings is 1. The number of nitrogens with zero attached hydrogens (tertiary/aromatic N) is 1. The SMILES string of the molecule is CCN1C(=S)N[C@H](c2ccc(NC(=O)C(C)C)cc2)C(C(=O)OC(C)C)=C1C. The molecule has 0 saturated heterocycles. The van der Waals surface area contributed by atoms with E-state index in [0.717, 1.165) is 11.3 Å². The van der Waals surface area contributed by atoms with Gasteiger partial charge in [0, 0.05) is 23.8 Å². The molecule has 0 radical (unpaired) electrons. The number of rotatable bonds is 6. The third kappa shape index (κ3) is 4.90. The highest BCUT2D eigenvalue weighted by molar-refractivity contribution is 7.80. The van der Waals surface area contributed by atoms with Gasteiger partial charge in [-0.3, -0.25) is 4.79 Å². The molecule has 1 aliphatic rings. The molecule has 0 aliphatic carbocycles. The average Bonchev–Trinajstić information content (AvgIpc) is 2.61. The van der Waals surface area contributed by atoms with E-state index in [2.05, 4.69) is 10.6 Å². The second kappa shape index (κ2) is 9.19. The maximum atomic E-state index is 12.8. The van der Waals surface area contributed by atoms with Crippen LogP contribution in [-0.4, -0.2) is 34.5 Å². The second-order valence-electron chi connectivity index (χ2n) is 7.35. The predicted octanol–water partition coefficient (Wildman–Crippen LogP) is 3.76. The lowest BCUT2D eigenvalue weighted by atomic mass is 9.94. The van der Waals surface area contributed by atoms with Gasteiger partial charge in [0.2, 0.25) is 5.91 Å². The van der Waals surface area contributed by atoms with E-state index < -0.39 is 6.04 Å². The number of anilines is 1. The van der Waals surface area contributed by atoms with E-state index in [4.69, 9.17) is 17.0 Å². The van der Waals surface area contributed by atoms with Crippen molar-refractivity contribution >= 4 is 34.9 Å². The molecule has 1 atom stereocenters. The number of amides is 1. The van der Waals surface area contributed by atoms with Crippen LogP contribution < -0.4 is 10.6 Å². The van der Waals surface area contributed by atoms with Gasteiger partial charge in [-0.05, 0) is 57.6 Å². The van der Waals surface area contributed by atoms with Gasteiger partial charge >= 0.3 is 5.97 Å². The van der Waals surface area contributed by atoms with Crippen molar-refractivity contribution in [3.63, 3.8) is 0 Å². The van der Waals surface area contributed by atoms with E-state index in [0.29, 0.717) is 22.9 Å². The number of carbonyl (C=O) groups is 2. The maximum Gasteiger partial charge on any atom is 0.338 e. The van der Waals surface area contributed by atoms with Crippen molar-refractivity contribution in [1.82, 2.24) is 10.2 Å². The molecule has 0 aromatic heterocycles. The molecule has 1 aromatic carbocycles. The van der Waals surface area contributed by atoms with Crippen LogP contribution in [0.25, 0.3) is 0 Å². The standard InChI is InChI=1S/C21H29N3O3S/c1-7-24-14(6)17(20(26)27-13(4)5)18(23-21(24)28)15-8-10-16(11-9-15)22-19(25)12(2)3/h8-13,18H,7H2,1-6H3,(H,22,25)(H,23,28)/t18-/m1/s1. The summed E-state index contributed by atoms with van der Waals surface area (Å²) < 4.78 is 5.48. The summed E-state index contributed by atoms with van der Waals surface area (Å²) in [6, 6.07) is 7.01. The summed E-state index contributed by atoms with van der Waals surface area (Å²) in [6.45, 7) is 11.9. The summed E-state index contributed by atoms with van der Waals surface area (Å²) in [7, 11) is 0. The van der Waals surface area contributed by atoms with E-state index in [9.17, 15) is 9.59 Å². The number of carbonyl (C=O) groups excluding carboxylic acids is 2. The topological polar surface area (TPSA) is 70.7 Å². The van der Waals surface area contributed by atoms with Crippen molar-refractivity contribution in [2.45, 2.75) is 53.7 Å². The molecule has 0 saturated carbocycles. The quantitative estimate of drug-likeness (QED) is 0.557. The number of nitrogens with one attached hydrogen (secondary N) is 2. The van der Waals surface area contributed by atoms with Crippen LogP contribution in [0.2, 0.25) is 0 Å². The van der Waals surface area contributed by atoms with E-state index in [1.807, 2.05) is 70.7 Å². The normalized spacial score (nSPS) is 17.1. The van der Waals surface area contributed by atoms with Gasteiger partial charge in [0.05, 0.1) is 17.7 Å². The Labute approximate surface area is 172 Å². The minimum atomic E-state index is -0.406. The predicted molar refractivity (Wildman–Crippen MR) is 115 cm³/mol. The molecule has 1 aliphatic heterocycles. The summed E-state index contributed by atoms with van der Waals surface area (Å²) in [5, 5.41) is 6.70. The van der Waals surface area contributed by atoms with E-state index in [-0.39, 0.29) is 23.9 Å². The van der Waals surface area contributed by atoms with E-state index >= 15 is 0 Å². The molecule has 0 fully saturated rings. The Morgan fingerprint density at radius 1 is 1.21 bits per heavy atom. The molecule has 152 valence electrons. The average molecular weight is 404 g/mol. The molecule has 7 heteroatoms. The molecule has 2 rings (SSSR count). The first-order valence-corrected chi connectivity index (χ1v) is 9.97. The van der Waals surface area contributed by atoms with E-state index in [1.54, 1.807) is 0 Å². The zero-order chi connectivity index (χ0) is 21.0. The van der Waals surface area contributed by atoms with Crippen molar-refractivity contribution in [2.75, 3.05) is 11.9 Å². The lowest BCUT2D eigenvalue weighted by molar-refractivity contribution is -0.143. The largest absolute Gasteiger partial charge is 0.459 e. The van der Waals surface area contributed by atoms with Gasteiger partial charge in [-0.2, -0.15) is 0 Å². The summed E-state index contributed by atoms with van der Waals surface area (Å²) in [5.41, 5.74) is 2.92. The maximum absolute atomic E-state index is 12.8. The van der Waals surface area contributed by atoms with Crippen LogP contribution in [0.4, 0.5) is 5.69 Å². The van der Waals surface area contributed by atoms with Crippen LogP contribution in [0.5, 0.6) is 0 Å². The first-order chi connectivity index (χ1) is 13.1. The van der Waals surface area contributed by atoms with Crippen molar-refractivity contribution in [3.05, 3.63) is 41.1 Å². The molecule has 2 N–H and O–H groups in total. The van der Waals surface area contributed by atoms with Crippen LogP contribution in [0.1, 0.15) is 53.1 Å². The third-order valence-corrected chi connectivity index (χ3v) is 4.85. The van der Waals surface area contributed by atoms with Crippen molar-refractivity contribution in [2.24, 2.45) is 5.92 Å². The Kier molecular flexibility index (Phi) is 7.18. The summed E-state index contributed by atoms with van der Waals surface area (Å²) >= 11 is 5.49. The number of esters is 1. The molecule has 1 aromatic rings. The number of allylic oxidation sites excluding steroid dienone is 1. The highest BCUT2D eigenvalue weighted by Gasteiger charge is 2.34. The monoisotopic (exact) mass is 403 g/mol. The second-order valence-corrected chi connectivity index (χ2v) is 7.73. The minimum Gasteiger partial charge on any atom is -0.459 e. The third-order valence-electron chi connectivity index (χ3n) is 4.51. The molecule has 1 amide bonds. The molecule has 0 spiro atoms. The van der Waals surface area contributed by atoms with Crippen molar-refractivity contribution in [3.8, 4) is 0 Å². The molecule has 0 bridgehead atoms. The number of hydrogen-bond donors (Lipinski definition) is 2. The Bertz CT molecular complexity index is 785. The van der Waals surface area contributed by atoms with Gasteiger partial charge < -0.3 is 20.3 Å². The minimum absolute atomic E-state index is 0.0414. The Morgan fingerprint density at radius 2 is 1.82 bits per heavy atom.